The van der Waals surface area contributed by atoms with E-state index in [9.17, 15) is 19.2 Å². The Morgan fingerprint density at radius 2 is 1.08 bits per heavy atom. The standard InChI is InChI=1S/C16H10N4O4/c21-13-9-3-1-5-17-11(9)15(23)19(13)7-8-20-14(22)10-4-2-6-18-12(10)16(20)24/h1-6H,7-8H2. The minimum Gasteiger partial charge on any atom is -0.271 e. The Kier molecular flexibility index (Phi) is 2.99. The molecule has 0 aliphatic carbocycles. The van der Waals surface area contributed by atoms with Crippen molar-refractivity contribution >= 4 is 23.6 Å². The highest BCUT2D eigenvalue weighted by atomic mass is 16.2. The molecule has 2 aromatic heterocycles. The second-order valence-electron chi connectivity index (χ2n) is 5.32. The predicted molar refractivity (Wildman–Crippen MR) is 79.2 cm³/mol. The van der Waals surface area contributed by atoms with Crippen molar-refractivity contribution in [3.05, 3.63) is 59.2 Å². The number of nitrogens with zero attached hydrogens (tertiary/aromatic N) is 4. The number of pyridine rings is 2. The van der Waals surface area contributed by atoms with Gasteiger partial charge in [-0.1, -0.05) is 0 Å². The maximum atomic E-state index is 12.3. The number of fused-ring (bicyclic) bond motifs is 2. The quantitative estimate of drug-likeness (QED) is 0.757. The maximum Gasteiger partial charge on any atom is 0.280 e. The fourth-order valence-electron chi connectivity index (χ4n) is 2.83. The zero-order valence-corrected chi connectivity index (χ0v) is 12.3. The summed E-state index contributed by atoms with van der Waals surface area (Å²) in [6.45, 7) is -0.168. The number of imide groups is 2. The van der Waals surface area contributed by atoms with Crippen LogP contribution in [0, 0.1) is 0 Å². The van der Waals surface area contributed by atoms with Crippen LogP contribution in [-0.4, -0.2) is 56.5 Å². The molecule has 0 atom stereocenters. The van der Waals surface area contributed by atoms with Gasteiger partial charge >= 0.3 is 0 Å². The molecule has 4 rings (SSSR count). The number of hydrogen-bond acceptors (Lipinski definition) is 6. The van der Waals surface area contributed by atoms with Crippen LogP contribution < -0.4 is 0 Å². The van der Waals surface area contributed by atoms with E-state index in [4.69, 9.17) is 0 Å². The van der Waals surface area contributed by atoms with Gasteiger partial charge in [0, 0.05) is 25.5 Å². The van der Waals surface area contributed by atoms with Crippen molar-refractivity contribution in [2.24, 2.45) is 0 Å². The summed E-state index contributed by atoms with van der Waals surface area (Å²) in [4.78, 5) is 58.8. The van der Waals surface area contributed by atoms with Crippen LogP contribution in [0.4, 0.5) is 0 Å². The first-order chi connectivity index (χ1) is 11.6. The lowest BCUT2D eigenvalue weighted by Gasteiger charge is -2.18. The Balaban J connectivity index is 1.53. The summed E-state index contributed by atoms with van der Waals surface area (Å²) in [5.74, 6) is -1.99. The van der Waals surface area contributed by atoms with Gasteiger partial charge in [0.25, 0.3) is 23.6 Å². The maximum absolute atomic E-state index is 12.3. The van der Waals surface area contributed by atoms with Crippen molar-refractivity contribution in [3.8, 4) is 0 Å². The van der Waals surface area contributed by atoms with Gasteiger partial charge in [0.2, 0.25) is 0 Å². The molecule has 0 bridgehead atoms. The topological polar surface area (TPSA) is 101 Å². The van der Waals surface area contributed by atoms with Crippen molar-refractivity contribution in [2.75, 3.05) is 13.1 Å². The van der Waals surface area contributed by atoms with Gasteiger partial charge in [-0.25, -0.2) is 0 Å². The smallest absolute Gasteiger partial charge is 0.271 e. The number of carbonyl (C=O) groups excluding carboxylic acids is 4. The monoisotopic (exact) mass is 322 g/mol. The zero-order valence-electron chi connectivity index (χ0n) is 12.3. The van der Waals surface area contributed by atoms with Crippen LogP contribution in [0.15, 0.2) is 36.7 Å². The average Bonchev–Trinajstić information content (AvgIpc) is 3.00. The summed E-state index contributed by atoms with van der Waals surface area (Å²) in [5, 5.41) is 0. The fraction of sp³-hybridized carbons (Fsp3) is 0.125. The lowest BCUT2D eigenvalue weighted by atomic mass is 10.2. The largest absolute Gasteiger partial charge is 0.280 e. The first-order valence-electron chi connectivity index (χ1n) is 7.22. The van der Waals surface area contributed by atoms with Crippen LogP contribution >= 0.6 is 0 Å². The molecule has 0 saturated carbocycles. The number of carbonyl (C=O) groups is 4. The summed E-state index contributed by atoms with van der Waals surface area (Å²) in [7, 11) is 0. The third-order valence-electron chi connectivity index (χ3n) is 4.01. The zero-order chi connectivity index (χ0) is 16.8. The number of aromatic nitrogens is 2. The second-order valence-corrected chi connectivity index (χ2v) is 5.32. The van der Waals surface area contributed by atoms with Gasteiger partial charge in [0.1, 0.15) is 11.4 Å². The molecule has 4 heterocycles. The summed E-state index contributed by atoms with van der Waals surface area (Å²) in [5.41, 5.74) is 0.635. The summed E-state index contributed by atoms with van der Waals surface area (Å²) in [6, 6.07) is 6.19. The lowest BCUT2D eigenvalue weighted by molar-refractivity contribution is 0.0559. The van der Waals surface area contributed by atoms with E-state index in [-0.39, 0.29) is 35.6 Å². The van der Waals surface area contributed by atoms with E-state index < -0.39 is 23.6 Å². The van der Waals surface area contributed by atoms with Crippen LogP contribution in [0.25, 0.3) is 0 Å². The molecule has 0 N–H and O–H groups in total. The molecule has 2 aliphatic heterocycles. The van der Waals surface area contributed by atoms with E-state index in [1.54, 1.807) is 12.1 Å². The van der Waals surface area contributed by atoms with Crippen LogP contribution in [0.2, 0.25) is 0 Å². The third-order valence-corrected chi connectivity index (χ3v) is 4.01. The fourth-order valence-corrected chi connectivity index (χ4v) is 2.83. The number of amides is 4. The van der Waals surface area contributed by atoms with Crippen molar-refractivity contribution in [2.45, 2.75) is 0 Å². The Morgan fingerprint density at radius 3 is 1.46 bits per heavy atom. The van der Waals surface area contributed by atoms with Crippen LogP contribution in [0.3, 0.4) is 0 Å². The van der Waals surface area contributed by atoms with Gasteiger partial charge < -0.3 is 0 Å². The van der Waals surface area contributed by atoms with E-state index in [2.05, 4.69) is 9.97 Å². The molecule has 0 spiro atoms. The molecular weight excluding hydrogens is 312 g/mol. The van der Waals surface area contributed by atoms with Crippen molar-refractivity contribution in [3.63, 3.8) is 0 Å². The van der Waals surface area contributed by atoms with E-state index >= 15 is 0 Å². The highest BCUT2D eigenvalue weighted by Gasteiger charge is 2.40. The normalized spacial score (nSPS) is 16.0. The Hall–Kier alpha value is -3.42. The SMILES string of the molecule is O=C1c2cccnc2C(=O)N1CCN1C(=O)c2cccnc2C1=O. The first-order valence-corrected chi connectivity index (χ1v) is 7.22. The molecule has 0 saturated heterocycles. The van der Waals surface area contributed by atoms with Crippen molar-refractivity contribution < 1.29 is 19.2 Å². The van der Waals surface area contributed by atoms with Gasteiger partial charge in [0.05, 0.1) is 11.1 Å². The molecule has 0 radical (unpaired) electrons. The van der Waals surface area contributed by atoms with Gasteiger partial charge in [-0.05, 0) is 24.3 Å². The van der Waals surface area contributed by atoms with Crippen LogP contribution in [-0.2, 0) is 0 Å². The van der Waals surface area contributed by atoms with Gasteiger partial charge in [-0.15, -0.1) is 0 Å². The molecule has 0 fully saturated rings. The molecule has 0 unspecified atom stereocenters. The molecule has 0 aromatic carbocycles. The molecule has 8 heteroatoms. The Morgan fingerprint density at radius 1 is 0.667 bits per heavy atom. The van der Waals surface area contributed by atoms with Crippen molar-refractivity contribution in [1.82, 2.24) is 19.8 Å². The van der Waals surface area contributed by atoms with Crippen LogP contribution in [0.1, 0.15) is 41.7 Å². The predicted octanol–water partition coefficient (Wildman–Crippen LogP) is 0.369. The molecule has 118 valence electrons. The molecule has 8 nitrogen and oxygen atoms in total. The Bertz CT molecular complexity index is 778. The molecule has 24 heavy (non-hydrogen) atoms. The third kappa shape index (κ3) is 1.86. The minimum atomic E-state index is -0.523. The van der Waals surface area contributed by atoms with E-state index in [0.717, 1.165) is 9.80 Å². The lowest BCUT2D eigenvalue weighted by Crippen LogP contribution is -2.40. The van der Waals surface area contributed by atoms with Gasteiger partial charge in [-0.2, -0.15) is 0 Å². The first kappa shape index (κ1) is 14.2. The summed E-state index contributed by atoms with van der Waals surface area (Å²) in [6.07, 6.45) is 2.87. The molecule has 4 amide bonds. The van der Waals surface area contributed by atoms with E-state index in [0.29, 0.717) is 0 Å². The number of hydrogen-bond donors (Lipinski definition) is 0. The van der Waals surface area contributed by atoms with E-state index in [1.165, 1.54) is 24.5 Å². The van der Waals surface area contributed by atoms with E-state index in [1.807, 2.05) is 0 Å². The highest BCUT2D eigenvalue weighted by Crippen LogP contribution is 2.23. The van der Waals surface area contributed by atoms with Crippen LogP contribution in [0.5, 0.6) is 0 Å². The number of rotatable bonds is 3. The van der Waals surface area contributed by atoms with Crippen molar-refractivity contribution in [1.29, 1.82) is 0 Å². The second kappa shape index (κ2) is 5.05. The minimum absolute atomic E-state index is 0.0838. The molecule has 2 aliphatic rings. The average molecular weight is 322 g/mol. The van der Waals surface area contributed by atoms with Gasteiger partial charge in [0.15, 0.2) is 0 Å². The Labute approximate surface area is 135 Å². The highest BCUT2D eigenvalue weighted by molar-refractivity contribution is 6.21. The summed E-state index contributed by atoms with van der Waals surface area (Å²) >= 11 is 0. The van der Waals surface area contributed by atoms with Gasteiger partial charge in [-0.3, -0.25) is 38.9 Å². The molecular formula is C16H10N4O4. The molecule has 2 aromatic rings. The summed E-state index contributed by atoms with van der Waals surface area (Å²) < 4.78 is 0.